The number of Topliss-reactive ketones (excluding diaryl/α,β-unsaturated/α-hetero) is 1. The summed E-state index contributed by atoms with van der Waals surface area (Å²) >= 11 is 4.42. The van der Waals surface area contributed by atoms with Gasteiger partial charge in [-0.2, -0.15) is 0 Å². The number of ketones is 1. The van der Waals surface area contributed by atoms with E-state index in [1.807, 2.05) is 6.07 Å². The standard InChI is InChI=1S/C23H16BrN3O6S/c1-10-25-26-23(34-10)27-18(12-7-13(24)19(28)15(9-12)32-2)17(21(30)22(27)31)20(29)16-8-11-5-3-4-6-14(11)33-16/h3-9,18,28,30H,1-2H3. The minimum atomic E-state index is -1.08. The Kier molecular flexibility index (Phi) is 5.37. The summed E-state index contributed by atoms with van der Waals surface area (Å²) in [5, 5.41) is 30.7. The number of anilines is 1. The van der Waals surface area contributed by atoms with E-state index in [1.54, 1.807) is 37.3 Å². The van der Waals surface area contributed by atoms with Crippen LogP contribution in [0.15, 0.2) is 62.7 Å². The lowest BCUT2D eigenvalue weighted by atomic mass is 9.95. The third-order valence-corrected chi connectivity index (χ3v) is 6.85. The number of amides is 1. The number of phenols is 1. The van der Waals surface area contributed by atoms with Crippen LogP contribution in [0.5, 0.6) is 11.5 Å². The van der Waals surface area contributed by atoms with Gasteiger partial charge in [0.05, 0.1) is 23.2 Å². The maximum Gasteiger partial charge on any atom is 0.296 e. The van der Waals surface area contributed by atoms with Gasteiger partial charge in [0.1, 0.15) is 10.6 Å². The molecule has 0 radical (unpaired) electrons. The van der Waals surface area contributed by atoms with Crippen LogP contribution in [0.3, 0.4) is 0 Å². The zero-order valence-corrected chi connectivity index (χ0v) is 20.2. The van der Waals surface area contributed by atoms with Gasteiger partial charge < -0.3 is 19.4 Å². The molecule has 1 aliphatic rings. The van der Waals surface area contributed by atoms with Crippen molar-refractivity contribution in [2.24, 2.45) is 0 Å². The van der Waals surface area contributed by atoms with Crippen LogP contribution >= 0.6 is 27.3 Å². The minimum absolute atomic E-state index is 0.0272. The molecule has 1 aliphatic heterocycles. The smallest absolute Gasteiger partial charge is 0.296 e. The average molecular weight is 542 g/mol. The van der Waals surface area contributed by atoms with Crippen molar-refractivity contribution < 1.29 is 29.0 Å². The summed E-state index contributed by atoms with van der Waals surface area (Å²) in [5.41, 5.74) is 0.709. The van der Waals surface area contributed by atoms with E-state index < -0.39 is 23.5 Å². The van der Waals surface area contributed by atoms with Crippen LogP contribution in [0.25, 0.3) is 11.0 Å². The first kappa shape index (κ1) is 22.1. The molecule has 0 saturated heterocycles. The third kappa shape index (κ3) is 3.44. The molecule has 5 rings (SSSR count). The fourth-order valence-corrected chi connectivity index (χ4v) is 5.04. The number of carbonyl (C=O) groups is 2. The number of para-hydroxylation sites is 1. The molecule has 1 atom stereocenters. The van der Waals surface area contributed by atoms with Gasteiger partial charge in [0.25, 0.3) is 5.91 Å². The number of methoxy groups -OCH3 is 1. The number of benzene rings is 2. The molecular weight excluding hydrogens is 526 g/mol. The van der Waals surface area contributed by atoms with Crippen molar-refractivity contribution in [2.75, 3.05) is 12.0 Å². The summed E-state index contributed by atoms with van der Waals surface area (Å²) in [6.07, 6.45) is 0. The number of halogens is 1. The molecule has 1 unspecified atom stereocenters. The zero-order chi connectivity index (χ0) is 24.1. The molecule has 3 heterocycles. The lowest BCUT2D eigenvalue weighted by Gasteiger charge is -2.24. The number of furan rings is 1. The van der Waals surface area contributed by atoms with Gasteiger partial charge >= 0.3 is 0 Å². The Bertz CT molecular complexity index is 1470. The molecule has 0 aliphatic carbocycles. The SMILES string of the molecule is COc1cc(C2C(C(=O)c3cc4ccccc4o3)=C(O)C(=O)N2c2nnc(C)s2)cc(Br)c1O. The predicted molar refractivity (Wildman–Crippen MR) is 127 cm³/mol. The molecule has 0 saturated carbocycles. The number of aryl methyl sites for hydroxylation is 1. The highest BCUT2D eigenvalue weighted by Crippen LogP contribution is 2.46. The van der Waals surface area contributed by atoms with E-state index in [2.05, 4.69) is 26.1 Å². The fraction of sp³-hybridized carbons (Fsp3) is 0.130. The number of aromatic hydroxyl groups is 1. The average Bonchev–Trinajstić information content (AvgIpc) is 3.51. The van der Waals surface area contributed by atoms with Crippen molar-refractivity contribution >= 4 is 55.1 Å². The van der Waals surface area contributed by atoms with Crippen molar-refractivity contribution in [3.8, 4) is 11.5 Å². The molecule has 0 fully saturated rings. The largest absolute Gasteiger partial charge is 0.503 e. The molecule has 172 valence electrons. The summed E-state index contributed by atoms with van der Waals surface area (Å²) in [7, 11) is 1.38. The van der Waals surface area contributed by atoms with Crippen molar-refractivity contribution in [2.45, 2.75) is 13.0 Å². The number of carbonyl (C=O) groups excluding carboxylic acids is 2. The van der Waals surface area contributed by atoms with Gasteiger partial charge in [-0.25, -0.2) is 0 Å². The van der Waals surface area contributed by atoms with Crippen LogP contribution in [0, 0.1) is 6.92 Å². The van der Waals surface area contributed by atoms with Gasteiger partial charge in [0.15, 0.2) is 23.0 Å². The first-order valence-corrected chi connectivity index (χ1v) is 11.6. The lowest BCUT2D eigenvalue weighted by molar-refractivity contribution is -0.117. The van der Waals surface area contributed by atoms with E-state index in [1.165, 1.54) is 18.1 Å². The second-order valence-corrected chi connectivity index (χ2v) is 9.49. The number of hydrogen-bond acceptors (Lipinski definition) is 9. The Balaban J connectivity index is 1.70. The quantitative estimate of drug-likeness (QED) is 0.343. The highest BCUT2D eigenvalue weighted by molar-refractivity contribution is 9.10. The van der Waals surface area contributed by atoms with Crippen molar-refractivity contribution in [3.63, 3.8) is 0 Å². The van der Waals surface area contributed by atoms with Gasteiger partial charge in [-0.3, -0.25) is 14.5 Å². The first-order valence-electron chi connectivity index (χ1n) is 9.96. The van der Waals surface area contributed by atoms with Crippen LogP contribution in [-0.4, -0.2) is 39.2 Å². The van der Waals surface area contributed by atoms with Gasteiger partial charge in [-0.05, 0) is 52.7 Å². The summed E-state index contributed by atoms with van der Waals surface area (Å²) in [5.74, 6) is -2.23. The summed E-state index contributed by atoms with van der Waals surface area (Å²) in [6, 6.07) is 10.6. The fourth-order valence-electron chi connectivity index (χ4n) is 3.87. The first-order chi connectivity index (χ1) is 16.3. The van der Waals surface area contributed by atoms with Crippen LogP contribution < -0.4 is 9.64 Å². The molecule has 11 heteroatoms. The van der Waals surface area contributed by atoms with Crippen LogP contribution in [0.4, 0.5) is 5.13 Å². The number of phenolic OH excluding ortho intramolecular Hbond substituents is 1. The van der Waals surface area contributed by atoms with E-state index >= 15 is 0 Å². The second kappa shape index (κ2) is 8.26. The van der Waals surface area contributed by atoms with E-state index in [4.69, 9.17) is 9.15 Å². The number of fused-ring (bicyclic) bond motifs is 1. The molecule has 0 spiro atoms. The lowest BCUT2D eigenvalue weighted by Crippen LogP contribution is -2.31. The van der Waals surface area contributed by atoms with Crippen molar-refractivity contribution in [1.82, 2.24) is 10.2 Å². The van der Waals surface area contributed by atoms with Crippen LogP contribution in [0.1, 0.15) is 27.2 Å². The molecule has 0 bridgehead atoms. The molecule has 34 heavy (non-hydrogen) atoms. The predicted octanol–water partition coefficient (Wildman–Crippen LogP) is 4.85. The molecule has 2 aromatic heterocycles. The van der Waals surface area contributed by atoms with Gasteiger partial charge in [0, 0.05) is 5.39 Å². The molecule has 1 amide bonds. The van der Waals surface area contributed by atoms with Crippen LogP contribution in [0.2, 0.25) is 0 Å². The normalized spacial score (nSPS) is 16.0. The number of ether oxygens (including phenoxy) is 1. The summed E-state index contributed by atoms with van der Waals surface area (Å²) in [6.45, 7) is 1.73. The molecular formula is C23H16BrN3O6S. The highest BCUT2D eigenvalue weighted by atomic mass is 79.9. The second-order valence-electron chi connectivity index (χ2n) is 7.47. The number of aliphatic hydroxyl groups is 1. The summed E-state index contributed by atoms with van der Waals surface area (Å²) < 4.78 is 11.3. The molecule has 4 aromatic rings. The Morgan fingerprint density at radius 3 is 2.65 bits per heavy atom. The number of nitrogens with zero attached hydrogens (tertiary/aromatic N) is 3. The number of aliphatic hydroxyl groups excluding tert-OH is 1. The van der Waals surface area contributed by atoms with Crippen LogP contribution in [-0.2, 0) is 4.79 Å². The Labute approximate surface area is 205 Å². The zero-order valence-electron chi connectivity index (χ0n) is 17.8. The molecule has 2 aromatic carbocycles. The van der Waals surface area contributed by atoms with E-state index in [-0.39, 0.29) is 32.4 Å². The van der Waals surface area contributed by atoms with E-state index in [9.17, 15) is 19.8 Å². The number of aromatic nitrogens is 2. The van der Waals surface area contributed by atoms with E-state index in [0.717, 1.165) is 11.3 Å². The van der Waals surface area contributed by atoms with Gasteiger partial charge in [0.2, 0.25) is 10.9 Å². The number of rotatable bonds is 5. The highest BCUT2D eigenvalue weighted by Gasteiger charge is 2.47. The van der Waals surface area contributed by atoms with Crippen molar-refractivity contribution in [3.05, 3.63) is 74.6 Å². The summed E-state index contributed by atoms with van der Waals surface area (Å²) in [4.78, 5) is 28.0. The Hall–Kier alpha value is -3.70. The minimum Gasteiger partial charge on any atom is -0.503 e. The Morgan fingerprint density at radius 2 is 1.97 bits per heavy atom. The monoisotopic (exact) mass is 541 g/mol. The molecule has 2 N–H and O–H groups in total. The molecule has 9 nitrogen and oxygen atoms in total. The topological polar surface area (TPSA) is 126 Å². The van der Waals surface area contributed by atoms with Gasteiger partial charge in [-0.1, -0.05) is 29.5 Å². The maximum atomic E-state index is 13.6. The van der Waals surface area contributed by atoms with Gasteiger partial charge in [-0.15, -0.1) is 10.2 Å². The third-order valence-electron chi connectivity index (χ3n) is 5.41. The Morgan fingerprint density at radius 1 is 1.21 bits per heavy atom. The number of hydrogen-bond donors (Lipinski definition) is 2. The van der Waals surface area contributed by atoms with Crippen molar-refractivity contribution in [1.29, 1.82) is 0 Å². The van der Waals surface area contributed by atoms with E-state index in [0.29, 0.717) is 21.5 Å². The maximum absolute atomic E-state index is 13.6.